The third-order valence-corrected chi connectivity index (χ3v) is 6.57. The molecule has 0 bridgehead atoms. The second-order valence-corrected chi connectivity index (χ2v) is 11.1. The molecule has 9 nitrogen and oxygen atoms in total. The number of fused-ring (bicyclic) bond motifs is 1. The molecule has 0 radical (unpaired) electrons. The number of aliphatic hydroxyl groups is 1. The standard InChI is InChI=1S/C28H38N4O5/c1-17-11-21(15-31(6)26(17)34)25-30-22-8-7-19(12-23(22)32(25)14-20-9-10-36-16-20)13-29-24(18(2)33)27(35)37-28(3,4)5/h7-8,11-12,15,18,20,24,29,33H,9-10,13-14,16H2,1-6H3/t18-,20?,24+/m1/s1. The molecule has 3 atom stereocenters. The second kappa shape index (κ2) is 10.8. The molecule has 0 amide bonds. The number of aryl methyl sites for hydroxylation is 2. The van der Waals surface area contributed by atoms with Gasteiger partial charge in [0.05, 0.1) is 23.7 Å². The maximum atomic E-state index is 12.6. The Morgan fingerprint density at radius 1 is 1.32 bits per heavy atom. The number of aromatic nitrogens is 3. The van der Waals surface area contributed by atoms with Crippen LogP contribution in [0, 0.1) is 12.8 Å². The van der Waals surface area contributed by atoms with Crippen molar-refractivity contribution in [3.8, 4) is 11.4 Å². The fourth-order valence-electron chi connectivity index (χ4n) is 4.71. The normalized spacial score (nSPS) is 17.8. The van der Waals surface area contributed by atoms with Crippen LogP contribution in [0.3, 0.4) is 0 Å². The SMILES string of the molecule is Cc1cc(-c2nc3ccc(CN[C@H](C(=O)OC(C)(C)C)[C@@H](C)O)cc3n2CC2CCOC2)cn(C)c1=O. The highest BCUT2D eigenvalue weighted by Gasteiger charge is 2.29. The summed E-state index contributed by atoms with van der Waals surface area (Å²) in [4.78, 5) is 29.9. The zero-order valence-electron chi connectivity index (χ0n) is 22.6. The molecule has 37 heavy (non-hydrogen) atoms. The van der Waals surface area contributed by atoms with Gasteiger partial charge in [-0.25, -0.2) is 4.98 Å². The Kier molecular flexibility index (Phi) is 7.87. The van der Waals surface area contributed by atoms with Gasteiger partial charge >= 0.3 is 5.97 Å². The third kappa shape index (κ3) is 6.29. The first kappa shape index (κ1) is 27.0. The van der Waals surface area contributed by atoms with E-state index in [1.807, 2.05) is 31.3 Å². The molecule has 2 aromatic heterocycles. The number of aliphatic hydroxyl groups excluding tert-OH is 1. The number of imidazole rings is 1. The summed E-state index contributed by atoms with van der Waals surface area (Å²) in [5, 5.41) is 13.4. The van der Waals surface area contributed by atoms with Crippen molar-refractivity contribution in [1.82, 2.24) is 19.4 Å². The molecule has 0 aliphatic carbocycles. The Morgan fingerprint density at radius 3 is 2.70 bits per heavy atom. The Morgan fingerprint density at radius 2 is 2.08 bits per heavy atom. The number of carbonyl (C=O) groups is 1. The molecule has 1 unspecified atom stereocenters. The molecule has 1 aliphatic rings. The highest BCUT2D eigenvalue weighted by atomic mass is 16.6. The average molecular weight is 511 g/mol. The minimum absolute atomic E-state index is 0.0263. The number of rotatable bonds is 8. The lowest BCUT2D eigenvalue weighted by Crippen LogP contribution is -2.47. The van der Waals surface area contributed by atoms with Gasteiger partial charge in [0.25, 0.3) is 5.56 Å². The lowest BCUT2D eigenvalue weighted by atomic mass is 10.1. The Hall–Kier alpha value is -3.01. The van der Waals surface area contributed by atoms with E-state index in [1.54, 1.807) is 39.3 Å². The van der Waals surface area contributed by atoms with Crippen LogP contribution in [0.2, 0.25) is 0 Å². The number of esters is 1. The summed E-state index contributed by atoms with van der Waals surface area (Å²) in [6.45, 7) is 11.4. The van der Waals surface area contributed by atoms with E-state index in [0.717, 1.165) is 47.6 Å². The summed E-state index contributed by atoms with van der Waals surface area (Å²) in [5.41, 5.74) is 3.65. The van der Waals surface area contributed by atoms with E-state index in [4.69, 9.17) is 14.5 Å². The smallest absolute Gasteiger partial charge is 0.326 e. The van der Waals surface area contributed by atoms with Gasteiger partial charge in [0.2, 0.25) is 0 Å². The van der Waals surface area contributed by atoms with E-state index >= 15 is 0 Å². The molecule has 3 heterocycles. The quantitative estimate of drug-likeness (QED) is 0.449. The fourth-order valence-corrected chi connectivity index (χ4v) is 4.71. The average Bonchev–Trinajstić information content (AvgIpc) is 3.44. The van der Waals surface area contributed by atoms with Crippen LogP contribution >= 0.6 is 0 Å². The van der Waals surface area contributed by atoms with Gasteiger partial charge in [0, 0.05) is 50.0 Å². The first-order valence-corrected chi connectivity index (χ1v) is 12.8. The van der Waals surface area contributed by atoms with Gasteiger partial charge in [-0.3, -0.25) is 14.9 Å². The van der Waals surface area contributed by atoms with Crippen molar-refractivity contribution in [1.29, 1.82) is 0 Å². The molecule has 0 spiro atoms. The monoisotopic (exact) mass is 510 g/mol. The van der Waals surface area contributed by atoms with Gasteiger partial charge in [-0.1, -0.05) is 6.07 Å². The molecule has 4 rings (SSSR count). The molecule has 1 fully saturated rings. The van der Waals surface area contributed by atoms with Crippen molar-refractivity contribution in [2.75, 3.05) is 13.2 Å². The molecule has 1 aliphatic heterocycles. The number of hydrogen-bond donors (Lipinski definition) is 2. The van der Waals surface area contributed by atoms with Crippen LogP contribution in [0.1, 0.15) is 45.2 Å². The van der Waals surface area contributed by atoms with Crippen LogP contribution < -0.4 is 10.9 Å². The van der Waals surface area contributed by atoms with Gasteiger partial charge in [0.1, 0.15) is 17.5 Å². The Bertz CT molecular complexity index is 1300. The minimum atomic E-state index is -0.911. The van der Waals surface area contributed by atoms with E-state index in [-0.39, 0.29) is 5.56 Å². The van der Waals surface area contributed by atoms with Crippen LogP contribution in [0.25, 0.3) is 22.4 Å². The Labute approximate surface area is 217 Å². The molecule has 1 saturated heterocycles. The maximum Gasteiger partial charge on any atom is 0.326 e. The third-order valence-electron chi connectivity index (χ3n) is 6.57. The van der Waals surface area contributed by atoms with Crippen LogP contribution in [0.5, 0.6) is 0 Å². The van der Waals surface area contributed by atoms with Crippen molar-refractivity contribution in [3.63, 3.8) is 0 Å². The number of pyridine rings is 1. The van der Waals surface area contributed by atoms with Gasteiger partial charge in [-0.15, -0.1) is 0 Å². The number of nitrogens with zero attached hydrogens (tertiary/aromatic N) is 3. The molecule has 3 aromatic rings. The molecule has 0 saturated carbocycles. The van der Waals surface area contributed by atoms with E-state index in [0.29, 0.717) is 24.6 Å². The highest BCUT2D eigenvalue weighted by Crippen LogP contribution is 2.28. The first-order chi connectivity index (χ1) is 17.4. The summed E-state index contributed by atoms with van der Waals surface area (Å²) >= 11 is 0. The zero-order valence-corrected chi connectivity index (χ0v) is 22.6. The van der Waals surface area contributed by atoms with Gasteiger partial charge in [-0.2, -0.15) is 0 Å². The van der Waals surface area contributed by atoms with E-state index < -0.39 is 23.7 Å². The zero-order chi connectivity index (χ0) is 26.9. The second-order valence-electron chi connectivity index (χ2n) is 11.1. The number of carbonyl (C=O) groups excluding carboxylic acids is 1. The molecule has 2 N–H and O–H groups in total. The fraction of sp³-hybridized carbons (Fsp3) is 0.536. The van der Waals surface area contributed by atoms with Crippen molar-refractivity contribution in [2.45, 2.75) is 71.9 Å². The van der Waals surface area contributed by atoms with E-state index in [9.17, 15) is 14.7 Å². The number of ether oxygens (including phenoxy) is 2. The molecular formula is C28H38N4O5. The van der Waals surface area contributed by atoms with Gasteiger partial charge in [0.15, 0.2) is 0 Å². The van der Waals surface area contributed by atoms with Crippen LogP contribution in [-0.2, 0) is 34.4 Å². The summed E-state index contributed by atoms with van der Waals surface area (Å²) in [7, 11) is 1.75. The van der Waals surface area contributed by atoms with Crippen molar-refractivity contribution < 1.29 is 19.4 Å². The molecule has 1 aromatic carbocycles. The van der Waals surface area contributed by atoms with Crippen LogP contribution in [-0.4, -0.2) is 56.2 Å². The largest absolute Gasteiger partial charge is 0.459 e. The predicted molar refractivity (Wildman–Crippen MR) is 142 cm³/mol. The van der Waals surface area contributed by atoms with Gasteiger partial charge < -0.3 is 23.7 Å². The Balaban J connectivity index is 1.68. The maximum absolute atomic E-state index is 12.6. The number of hydrogen-bond acceptors (Lipinski definition) is 7. The molecule has 9 heteroatoms. The van der Waals surface area contributed by atoms with Crippen molar-refractivity contribution >= 4 is 17.0 Å². The van der Waals surface area contributed by atoms with Crippen LogP contribution in [0.15, 0.2) is 35.3 Å². The van der Waals surface area contributed by atoms with Crippen LogP contribution in [0.4, 0.5) is 0 Å². The number of nitrogens with one attached hydrogen (secondary N) is 1. The number of benzene rings is 1. The van der Waals surface area contributed by atoms with E-state index in [2.05, 4.69) is 16.0 Å². The van der Waals surface area contributed by atoms with Gasteiger partial charge in [-0.05, 0) is 64.8 Å². The topological polar surface area (TPSA) is 108 Å². The first-order valence-electron chi connectivity index (χ1n) is 12.8. The summed E-state index contributed by atoms with van der Waals surface area (Å²) in [5.74, 6) is 0.696. The van der Waals surface area contributed by atoms with E-state index in [1.165, 1.54) is 0 Å². The minimum Gasteiger partial charge on any atom is -0.459 e. The molecular weight excluding hydrogens is 472 g/mol. The summed E-state index contributed by atoms with van der Waals surface area (Å²) < 4.78 is 14.9. The molecule has 200 valence electrons. The van der Waals surface area contributed by atoms with Crippen molar-refractivity contribution in [2.24, 2.45) is 13.0 Å². The lowest BCUT2D eigenvalue weighted by molar-refractivity contribution is -0.160. The highest BCUT2D eigenvalue weighted by molar-refractivity contribution is 5.81. The summed E-state index contributed by atoms with van der Waals surface area (Å²) in [6, 6.07) is 7.05. The lowest BCUT2D eigenvalue weighted by Gasteiger charge is -2.26. The van der Waals surface area contributed by atoms with Crippen molar-refractivity contribution in [3.05, 3.63) is 51.9 Å². The summed E-state index contributed by atoms with van der Waals surface area (Å²) in [6.07, 6.45) is 1.90. The predicted octanol–water partition coefficient (Wildman–Crippen LogP) is 2.93.